The van der Waals surface area contributed by atoms with Crippen LogP contribution >= 0.6 is 23.4 Å². The van der Waals surface area contributed by atoms with Crippen LogP contribution in [0.4, 0.5) is 0 Å². The van der Waals surface area contributed by atoms with Crippen molar-refractivity contribution in [3.63, 3.8) is 0 Å². The summed E-state index contributed by atoms with van der Waals surface area (Å²) in [6.45, 7) is 0. The monoisotopic (exact) mass is 282 g/mol. The first-order valence-corrected chi connectivity index (χ1v) is 6.57. The molecule has 6 heteroatoms. The molecule has 0 aliphatic heterocycles. The minimum atomic E-state index is -0.949. The molecule has 2 rings (SSSR count). The molecule has 0 atom stereocenters. The molecule has 1 heterocycles. The lowest BCUT2D eigenvalue weighted by atomic mass is 10.3. The maximum Gasteiger partial charge on any atom is 0.339 e. The summed E-state index contributed by atoms with van der Waals surface area (Å²) in [5, 5.41) is 13.7. The second-order valence-corrected chi connectivity index (χ2v) is 5.16. The summed E-state index contributed by atoms with van der Waals surface area (Å²) in [5.74, 6) is -0.394. The molecule has 0 saturated heterocycles. The zero-order chi connectivity index (χ0) is 13.1. The number of carbonyl (C=O) groups is 1. The quantitative estimate of drug-likeness (QED) is 0.876. The summed E-state index contributed by atoms with van der Waals surface area (Å²) in [6.07, 6.45) is 1.38. The van der Waals surface area contributed by atoms with E-state index in [1.165, 1.54) is 6.20 Å². The van der Waals surface area contributed by atoms with Crippen LogP contribution in [0.15, 0.2) is 35.4 Å². The van der Waals surface area contributed by atoms with Crippen LogP contribution in [-0.4, -0.2) is 20.9 Å². The molecule has 0 aliphatic rings. The Bertz CT molecular complexity index is 566. The van der Waals surface area contributed by atoms with Gasteiger partial charge in [-0.15, -0.1) is 11.8 Å². The second-order valence-electron chi connectivity index (χ2n) is 3.68. The zero-order valence-electron chi connectivity index (χ0n) is 9.63. The second kappa shape index (κ2) is 5.46. The number of hydrogen-bond acceptors (Lipinski definition) is 3. The summed E-state index contributed by atoms with van der Waals surface area (Å²) < 4.78 is 1.59. The van der Waals surface area contributed by atoms with E-state index in [9.17, 15) is 4.79 Å². The Balaban J connectivity index is 2.12. The van der Waals surface area contributed by atoms with Gasteiger partial charge in [0.25, 0.3) is 0 Å². The third kappa shape index (κ3) is 2.86. The number of nitrogens with zero attached hydrogens (tertiary/aromatic N) is 2. The van der Waals surface area contributed by atoms with E-state index in [2.05, 4.69) is 5.10 Å². The number of benzene rings is 1. The first-order valence-electron chi connectivity index (χ1n) is 5.20. The standard InChI is InChI=1S/C12H11ClN2O2S/c1-15-11(10(6-14-15)12(16)17)7-18-9-4-2-8(13)3-5-9/h2-6H,7H2,1H3,(H,16,17). The highest BCUT2D eigenvalue weighted by Crippen LogP contribution is 2.25. The van der Waals surface area contributed by atoms with Gasteiger partial charge in [-0.2, -0.15) is 5.10 Å². The van der Waals surface area contributed by atoms with Crippen LogP contribution in [0.5, 0.6) is 0 Å². The molecule has 18 heavy (non-hydrogen) atoms. The minimum absolute atomic E-state index is 0.249. The van der Waals surface area contributed by atoms with E-state index in [4.69, 9.17) is 16.7 Å². The predicted molar refractivity (Wildman–Crippen MR) is 71.2 cm³/mol. The van der Waals surface area contributed by atoms with Crippen LogP contribution in [0.3, 0.4) is 0 Å². The van der Waals surface area contributed by atoms with Crippen molar-refractivity contribution in [3.05, 3.63) is 46.7 Å². The van der Waals surface area contributed by atoms with Crippen LogP contribution < -0.4 is 0 Å². The highest BCUT2D eigenvalue weighted by molar-refractivity contribution is 7.98. The first kappa shape index (κ1) is 13.0. The highest BCUT2D eigenvalue weighted by Gasteiger charge is 2.14. The predicted octanol–water partition coefficient (Wildman–Crippen LogP) is 3.06. The molecule has 0 aliphatic carbocycles. The maximum absolute atomic E-state index is 11.0. The van der Waals surface area contributed by atoms with Crippen molar-refractivity contribution in [1.82, 2.24) is 9.78 Å². The van der Waals surface area contributed by atoms with Gasteiger partial charge in [-0.1, -0.05) is 11.6 Å². The summed E-state index contributed by atoms with van der Waals surface area (Å²) >= 11 is 7.35. The SMILES string of the molecule is Cn1ncc(C(=O)O)c1CSc1ccc(Cl)cc1. The van der Waals surface area contributed by atoms with Crippen LogP contribution in [0.1, 0.15) is 16.1 Å². The Hall–Kier alpha value is -1.46. The van der Waals surface area contributed by atoms with E-state index in [0.29, 0.717) is 16.5 Å². The van der Waals surface area contributed by atoms with Crippen molar-refractivity contribution in [2.45, 2.75) is 10.6 Å². The minimum Gasteiger partial charge on any atom is -0.478 e. The lowest BCUT2D eigenvalue weighted by molar-refractivity contribution is 0.0696. The molecule has 4 nitrogen and oxygen atoms in total. The van der Waals surface area contributed by atoms with Gasteiger partial charge in [0.15, 0.2) is 0 Å². The summed E-state index contributed by atoms with van der Waals surface area (Å²) in [6, 6.07) is 7.43. The largest absolute Gasteiger partial charge is 0.478 e. The van der Waals surface area contributed by atoms with Crippen LogP contribution in [0.25, 0.3) is 0 Å². The summed E-state index contributed by atoms with van der Waals surface area (Å²) in [5.41, 5.74) is 0.946. The Kier molecular flexibility index (Phi) is 3.93. The maximum atomic E-state index is 11.0. The third-order valence-electron chi connectivity index (χ3n) is 2.48. The van der Waals surface area contributed by atoms with E-state index in [0.717, 1.165) is 4.90 Å². The molecule has 94 valence electrons. The van der Waals surface area contributed by atoms with Gasteiger partial charge in [0.2, 0.25) is 0 Å². The molecule has 0 spiro atoms. The Morgan fingerprint density at radius 2 is 2.11 bits per heavy atom. The third-order valence-corrected chi connectivity index (χ3v) is 3.76. The van der Waals surface area contributed by atoms with E-state index < -0.39 is 5.97 Å². The fourth-order valence-corrected chi connectivity index (χ4v) is 2.60. The first-order chi connectivity index (χ1) is 8.58. The number of hydrogen-bond donors (Lipinski definition) is 1. The van der Waals surface area contributed by atoms with Crippen molar-refractivity contribution in [2.24, 2.45) is 7.05 Å². The van der Waals surface area contributed by atoms with Crippen molar-refractivity contribution < 1.29 is 9.90 Å². The summed E-state index contributed by atoms with van der Waals surface area (Å²) in [7, 11) is 1.74. The Labute approximate surface area is 114 Å². The molecular weight excluding hydrogens is 272 g/mol. The number of rotatable bonds is 4. The van der Waals surface area contributed by atoms with Crippen molar-refractivity contribution in [1.29, 1.82) is 0 Å². The van der Waals surface area contributed by atoms with E-state index >= 15 is 0 Å². The zero-order valence-corrected chi connectivity index (χ0v) is 11.2. The number of aromatic nitrogens is 2. The van der Waals surface area contributed by atoms with Gasteiger partial charge in [0, 0.05) is 22.7 Å². The normalized spacial score (nSPS) is 10.6. The molecule has 0 fully saturated rings. The average Bonchev–Trinajstić information content (AvgIpc) is 2.70. The van der Waals surface area contributed by atoms with Gasteiger partial charge in [0.05, 0.1) is 11.9 Å². The van der Waals surface area contributed by atoms with Crippen LogP contribution in [-0.2, 0) is 12.8 Å². The number of halogens is 1. The lowest BCUT2D eigenvalue weighted by Crippen LogP contribution is -2.03. The lowest BCUT2D eigenvalue weighted by Gasteiger charge is -2.04. The average molecular weight is 283 g/mol. The van der Waals surface area contributed by atoms with Crippen molar-refractivity contribution in [2.75, 3.05) is 0 Å². The fourth-order valence-electron chi connectivity index (χ4n) is 1.50. The Morgan fingerprint density at radius 3 is 2.72 bits per heavy atom. The van der Waals surface area contributed by atoms with E-state index in [1.807, 2.05) is 24.3 Å². The van der Waals surface area contributed by atoms with Gasteiger partial charge in [-0.25, -0.2) is 4.79 Å². The molecule has 0 amide bonds. The van der Waals surface area contributed by atoms with Gasteiger partial charge in [-0.05, 0) is 24.3 Å². The topological polar surface area (TPSA) is 55.1 Å². The number of carboxylic acid groups (broad SMARTS) is 1. The Morgan fingerprint density at radius 1 is 1.44 bits per heavy atom. The molecule has 0 radical (unpaired) electrons. The number of aryl methyl sites for hydroxylation is 1. The van der Waals surface area contributed by atoms with E-state index in [-0.39, 0.29) is 5.56 Å². The molecule has 2 aromatic rings. The van der Waals surface area contributed by atoms with Gasteiger partial charge >= 0.3 is 5.97 Å². The van der Waals surface area contributed by atoms with Gasteiger partial charge < -0.3 is 5.11 Å². The highest BCUT2D eigenvalue weighted by atomic mass is 35.5. The molecule has 0 bridgehead atoms. The molecule has 1 aromatic heterocycles. The van der Waals surface area contributed by atoms with Crippen LogP contribution in [0, 0.1) is 0 Å². The molecule has 0 unspecified atom stereocenters. The fraction of sp³-hybridized carbons (Fsp3) is 0.167. The smallest absolute Gasteiger partial charge is 0.339 e. The van der Waals surface area contributed by atoms with Gasteiger partial charge in [-0.3, -0.25) is 4.68 Å². The molecule has 1 aromatic carbocycles. The number of aromatic carboxylic acids is 1. The van der Waals surface area contributed by atoms with Gasteiger partial charge in [0.1, 0.15) is 5.56 Å². The molecule has 1 N–H and O–H groups in total. The number of carboxylic acids is 1. The van der Waals surface area contributed by atoms with Crippen molar-refractivity contribution >= 4 is 29.3 Å². The number of thioether (sulfide) groups is 1. The molecule has 0 saturated carbocycles. The van der Waals surface area contributed by atoms with E-state index in [1.54, 1.807) is 23.5 Å². The van der Waals surface area contributed by atoms with Crippen LogP contribution in [0.2, 0.25) is 5.02 Å². The van der Waals surface area contributed by atoms with Crippen molar-refractivity contribution in [3.8, 4) is 0 Å². The molecular formula is C12H11ClN2O2S. The summed E-state index contributed by atoms with van der Waals surface area (Å²) in [4.78, 5) is 12.0.